The Morgan fingerprint density at radius 1 is 1.25 bits per heavy atom. The molecule has 0 unspecified atom stereocenters. The maximum atomic E-state index is 13.2. The van der Waals surface area contributed by atoms with Gasteiger partial charge in [-0.1, -0.05) is 12.1 Å². The third-order valence-electron chi connectivity index (χ3n) is 1.89. The molecular formula is C9H12FNO4S. The number of hydrogen-bond acceptors (Lipinski definition) is 4. The lowest BCUT2D eigenvalue weighted by Crippen LogP contribution is -2.40. The van der Waals surface area contributed by atoms with Crippen molar-refractivity contribution in [1.29, 1.82) is 0 Å². The largest absolute Gasteiger partial charge is 0.395 e. The van der Waals surface area contributed by atoms with Gasteiger partial charge in [0.1, 0.15) is 10.7 Å². The standard InChI is InChI=1S/C9H12FNO4S/c10-8-3-1-2-4-9(8)16(14,15)11-7(5-12)6-13/h1-4,7,11-13H,5-6H2. The van der Waals surface area contributed by atoms with Crippen molar-refractivity contribution in [2.45, 2.75) is 10.9 Å². The zero-order valence-electron chi connectivity index (χ0n) is 8.30. The van der Waals surface area contributed by atoms with Crippen molar-refractivity contribution < 1.29 is 23.0 Å². The van der Waals surface area contributed by atoms with Crippen LogP contribution in [0.3, 0.4) is 0 Å². The van der Waals surface area contributed by atoms with Crippen LogP contribution in [0.15, 0.2) is 29.2 Å². The summed E-state index contributed by atoms with van der Waals surface area (Å²) in [5.74, 6) is -0.885. The molecule has 1 aromatic carbocycles. The Balaban J connectivity index is 2.99. The Hall–Kier alpha value is -1.02. The van der Waals surface area contributed by atoms with Crippen LogP contribution in [0.4, 0.5) is 4.39 Å². The molecule has 0 aliphatic heterocycles. The molecule has 1 rings (SSSR count). The number of nitrogens with one attached hydrogen (secondary N) is 1. The average Bonchev–Trinajstić information content (AvgIpc) is 2.26. The van der Waals surface area contributed by atoms with E-state index in [9.17, 15) is 12.8 Å². The van der Waals surface area contributed by atoms with Gasteiger partial charge in [0.25, 0.3) is 0 Å². The lowest BCUT2D eigenvalue weighted by atomic mass is 10.3. The van der Waals surface area contributed by atoms with Crippen LogP contribution in [0, 0.1) is 5.82 Å². The van der Waals surface area contributed by atoms with E-state index in [1.165, 1.54) is 12.1 Å². The van der Waals surface area contributed by atoms with Gasteiger partial charge in [-0.05, 0) is 12.1 Å². The molecule has 16 heavy (non-hydrogen) atoms. The summed E-state index contributed by atoms with van der Waals surface area (Å²) in [6.45, 7) is -1.13. The highest BCUT2D eigenvalue weighted by atomic mass is 32.2. The van der Waals surface area contributed by atoms with Crippen molar-refractivity contribution in [2.75, 3.05) is 13.2 Å². The molecule has 5 nitrogen and oxygen atoms in total. The second-order valence-electron chi connectivity index (χ2n) is 3.11. The molecule has 0 saturated heterocycles. The molecule has 7 heteroatoms. The number of sulfonamides is 1. The van der Waals surface area contributed by atoms with Gasteiger partial charge in [-0.15, -0.1) is 0 Å². The number of aliphatic hydroxyl groups excluding tert-OH is 2. The van der Waals surface area contributed by atoms with E-state index in [1.54, 1.807) is 0 Å². The summed E-state index contributed by atoms with van der Waals surface area (Å²) < 4.78 is 38.4. The lowest BCUT2D eigenvalue weighted by molar-refractivity contribution is 0.185. The van der Waals surface area contributed by atoms with Gasteiger partial charge in [0.2, 0.25) is 10.0 Å². The molecule has 0 fully saturated rings. The molecular weight excluding hydrogens is 237 g/mol. The van der Waals surface area contributed by atoms with E-state index in [2.05, 4.69) is 0 Å². The molecule has 1 aromatic rings. The van der Waals surface area contributed by atoms with Gasteiger partial charge >= 0.3 is 0 Å². The molecule has 0 amide bonds. The Morgan fingerprint density at radius 3 is 2.31 bits per heavy atom. The van der Waals surface area contributed by atoms with Gasteiger partial charge in [0.15, 0.2) is 0 Å². The van der Waals surface area contributed by atoms with E-state index in [0.717, 1.165) is 12.1 Å². The quantitative estimate of drug-likeness (QED) is 0.654. The van der Waals surface area contributed by atoms with E-state index < -0.39 is 40.0 Å². The van der Waals surface area contributed by atoms with Crippen LogP contribution in [0.25, 0.3) is 0 Å². The molecule has 3 N–H and O–H groups in total. The van der Waals surface area contributed by atoms with E-state index >= 15 is 0 Å². The molecule has 0 radical (unpaired) electrons. The SMILES string of the molecule is O=S(=O)(NC(CO)CO)c1ccccc1F. The van der Waals surface area contributed by atoms with Crippen molar-refractivity contribution in [3.05, 3.63) is 30.1 Å². The molecule has 0 aliphatic rings. The van der Waals surface area contributed by atoms with Gasteiger partial charge in [0.05, 0.1) is 19.3 Å². The summed E-state index contributed by atoms with van der Waals surface area (Å²) in [4.78, 5) is -0.512. The molecule has 0 aromatic heterocycles. The minimum atomic E-state index is -4.06. The molecule has 0 saturated carbocycles. The maximum Gasteiger partial charge on any atom is 0.243 e. The van der Waals surface area contributed by atoms with Gasteiger partial charge in [-0.2, -0.15) is 0 Å². The van der Waals surface area contributed by atoms with Crippen LogP contribution in [-0.4, -0.2) is 37.9 Å². The first-order valence-electron chi connectivity index (χ1n) is 4.50. The number of halogens is 1. The third-order valence-corrected chi connectivity index (χ3v) is 3.44. The van der Waals surface area contributed by atoms with Crippen molar-refractivity contribution >= 4 is 10.0 Å². The Bertz CT molecular complexity index is 445. The molecule has 0 spiro atoms. The Kier molecular flexibility index (Phi) is 4.36. The zero-order valence-corrected chi connectivity index (χ0v) is 9.11. The minimum Gasteiger partial charge on any atom is -0.395 e. The topological polar surface area (TPSA) is 86.6 Å². The minimum absolute atomic E-state index is 0.512. The highest BCUT2D eigenvalue weighted by molar-refractivity contribution is 7.89. The van der Waals surface area contributed by atoms with Crippen LogP contribution in [0.2, 0.25) is 0 Å². The highest BCUT2D eigenvalue weighted by Gasteiger charge is 2.21. The summed E-state index contributed by atoms with van der Waals surface area (Å²) in [6.07, 6.45) is 0. The molecule has 0 aliphatic carbocycles. The van der Waals surface area contributed by atoms with E-state index in [0.29, 0.717) is 0 Å². The first-order valence-corrected chi connectivity index (χ1v) is 5.98. The highest BCUT2D eigenvalue weighted by Crippen LogP contribution is 2.13. The van der Waals surface area contributed by atoms with Crippen LogP contribution >= 0.6 is 0 Å². The number of rotatable bonds is 5. The normalized spacial score (nSPS) is 12.0. The molecule has 0 heterocycles. The second-order valence-corrected chi connectivity index (χ2v) is 4.80. The predicted octanol–water partition coefficient (Wildman–Crippen LogP) is -0.543. The smallest absolute Gasteiger partial charge is 0.243 e. The summed E-state index contributed by atoms with van der Waals surface area (Å²) >= 11 is 0. The van der Waals surface area contributed by atoms with Crippen LogP contribution in [0.1, 0.15) is 0 Å². The maximum absolute atomic E-state index is 13.2. The number of aliphatic hydroxyl groups is 2. The van der Waals surface area contributed by atoms with E-state index in [-0.39, 0.29) is 0 Å². The second kappa shape index (κ2) is 5.35. The third kappa shape index (κ3) is 2.99. The molecule has 0 bridgehead atoms. The van der Waals surface area contributed by atoms with E-state index in [1.807, 2.05) is 4.72 Å². The van der Waals surface area contributed by atoms with Crippen LogP contribution < -0.4 is 4.72 Å². The van der Waals surface area contributed by atoms with Crippen molar-refractivity contribution in [3.63, 3.8) is 0 Å². The monoisotopic (exact) mass is 249 g/mol. The van der Waals surface area contributed by atoms with Gasteiger partial charge in [-0.25, -0.2) is 17.5 Å². The van der Waals surface area contributed by atoms with Gasteiger partial charge in [-0.3, -0.25) is 0 Å². The zero-order chi connectivity index (χ0) is 12.2. The lowest BCUT2D eigenvalue weighted by Gasteiger charge is -2.13. The predicted molar refractivity (Wildman–Crippen MR) is 54.7 cm³/mol. The van der Waals surface area contributed by atoms with Gasteiger partial charge < -0.3 is 10.2 Å². The summed E-state index contributed by atoms with van der Waals surface area (Å²) in [5.41, 5.74) is 0. The van der Waals surface area contributed by atoms with Crippen LogP contribution in [0.5, 0.6) is 0 Å². The van der Waals surface area contributed by atoms with Crippen molar-refractivity contribution in [2.24, 2.45) is 0 Å². The summed E-state index contributed by atoms with van der Waals surface area (Å²) in [6, 6.07) is 3.82. The van der Waals surface area contributed by atoms with Crippen LogP contribution in [-0.2, 0) is 10.0 Å². The Labute approximate surface area is 92.6 Å². The first kappa shape index (κ1) is 13.0. The number of benzene rings is 1. The molecule has 90 valence electrons. The van der Waals surface area contributed by atoms with Crippen molar-refractivity contribution in [1.82, 2.24) is 4.72 Å². The Morgan fingerprint density at radius 2 is 1.81 bits per heavy atom. The summed E-state index contributed by atoms with van der Waals surface area (Å²) in [5, 5.41) is 17.4. The first-order chi connectivity index (χ1) is 7.51. The fourth-order valence-electron chi connectivity index (χ4n) is 1.08. The van der Waals surface area contributed by atoms with Crippen molar-refractivity contribution in [3.8, 4) is 0 Å². The summed E-state index contributed by atoms with van der Waals surface area (Å²) in [7, 11) is -4.06. The van der Waals surface area contributed by atoms with Gasteiger partial charge in [0, 0.05) is 0 Å². The molecule has 0 atom stereocenters. The fraction of sp³-hybridized carbons (Fsp3) is 0.333. The van der Waals surface area contributed by atoms with E-state index in [4.69, 9.17) is 10.2 Å². The average molecular weight is 249 g/mol. The number of hydrogen-bond donors (Lipinski definition) is 3. The fourth-order valence-corrected chi connectivity index (χ4v) is 2.38.